The van der Waals surface area contributed by atoms with Gasteiger partial charge in [-0.1, -0.05) is 0 Å². The van der Waals surface area contributed by atoms with Crippen molar-refractivity contribution in [1.29, 1.82) is 0 Å². The number of nitrogens with zero attached hydrogens (tertiary/aromatic N) is 2. The van der Waals surface area contributed by atoms with Crippen molar-refractivity contribution in [2.24, 2.45) is 0 Å². The summed E-state index contributed by atoms with van der Waals surface area (Å²) in [5, 5.41) is 9.43. The first-order valence-corrected chi connectivity index (χ1v) is 7.15. The van der Waals surface area contributed by atoms with E-state index in [1.807, 2.05) is 0 Å². The molecular weight excluding hydrogens is 243 g/mol. The van der Waals surface area contributed by atoms with E-state index in [9.17, 15) is 9.50 Å². The summed E-state index contributed by atoms with van der Waals surface area (Å²) >= 11 is 0. The number of phenolic OH excluding ortho intramolecular Hbond substituents is 1. The molecule has 2 fully saturated rings. The Morgan fingerprint density at radius 1 is 1.16 bits per heavy atom. The maximum Gasteiger partial charge on any atom is 0.127 e. The summed E-state index contributed by atoms with van der Waals surface area (Å²) in [7, 11) is 0. The van der Waals surface area contributed by atoms with Crippen molar-refractivity contribution in [2.45, 2.75) is 31.8 Å². The van der Waals surface area contributed by atoms with Gasteiger partial charge in [0.15, 0.2) is 0 Å². The Kier molecular flexibility index (Phi) is 3.71. The second kappa shape index (κ2) is 5.47. The summed E-state index contributed by atoms with van der Waals surface area (Å²) in [6.45, 7) is 5.34. The number of likely N-dealkylation sites (tertiary alicyclic amines) is 2. The molecule has 1 atom stereocenters. The molecule has 0 aromatic heterocycles. The Labute approximate surface area is 113 Å². The number of rotatable bonds is 3. The summed E-state index contributed by atoms with van der Waals surface area (Å²) in [4.78, 5) is 4.94. The van der Waals surface area contributed by atoms with Gasteiger partial charge in [-0.25, -0.2) is 4.39 Å². The van der Waals surface area contributed by atoms with Gasteiger partial charge in [-0.3, -0.25) is 9.80 Å². The van der Waals surface area contributed by atoms with Gasteiger partial charge in [0.05, 0.1) is 0 Å². The second-order valence-corrected chi connectivity index (χ2v) is 5.74. The van der Waals surface area contributed by atoms with Crippen LogP contribution >= 0.6 is 0 Å². The van der Waals surface area contributed by atoms with Gasteiger partial charge in [-0.05, 0) is 50.0 Å². The van der Waals surface area contributed by atoms with E-state index < -0.39 is 0 Å². The summed E-state index contributed by atoms with van der Waals surface area (Å²) in [6.07, 6.45) is 3.86. The normalized spacial score (nSPS) is 25.2. The van der Waals surface area contributed by atoms with E-state index in [1.54, 1.807) is 6.07 Å². The van der Waals surface area contributed by atoms with Gasteiger partial charge in [0.2, 0.25) is 0 Å². The molecule has 4 heteroatoms. The maximum atomic E-state index is 13.2. The van der Waals surface area contributed by atoms with Crippen LogP contribution in [-0.4, -0.2) is 47.1 Å². The number of benzene rings is 1. The first kappa shape index (κ1) is 12.9. The third kappa shape index (κ3) is 3.07. The van der Waals surface area contributed by atoms with Crippen LogP contribution < -0.4 is 0 Å². The Morgan fingerprint density at radius 2 is 1.95 bits per heavy atom. The van der Waals surface area contributed by atoms with Crippen molar-refractivity contribution in [3.05, 3.63) is 29.6 Å². The van der Waals surface area contributed by atoms with Crippen LogP contribution in [0, 0.1) is 5.82 Å². The van der Waals surface area contributed by atoms with Crippen molar-refractivity contribution < 1.29 is 9.50 Å². The van der Waals surface area contributed by atoms with Gasteiger partial charge in [-0.2, -0.15) is 0 Å². The van der Waals surface area contributed by atoms with E-state index >= 15 is 0 Å². The maximum absolute atomic E-state index is 13.2. The van der Waals surface area contributed by atoms with E-state index in [2.05, 4.69) is 9.80 Å². The van der Waals surface area contributed by atoms with Crippen LogP contribution in [0.1, 0.15) is 24.8 Å². The highest BCUT2D eigenvalue weighted by molar-refractivity contribution is 5.28. The Morgan fingerprint density at radius 3 is 2.68 bits per heavy atom. The zero-order valence-corrected chi connectivity index (χ0v) is 11.2. The van der Waals surface area contributed by atoms with Crippen LogP contribution in [0.2, 0.25) is 0 Å². The number of phenols is 1. The fourth-order valence-corrected chi connectivity index (χ4v) is 3.34. The van der Waals surface area contributed by atoms with Crippen LogP contribution in [0.3, 0.4) is 0 Å². The summed E-state index contributed by atoms with van der Waals surface area (Å²) in [5.41, 5.74) is 0.861. The minimum atomic E-state index is -0.356. The summed E-state index contributed by atoms with van der Waals surface area (Å²) < 4.78 is 13.2. The second-order valence-electron chi connectivity index (χ2n) is 5.74. The SMILES string of the molecule is Oc1cc(F)cc(CN2CCC(N3CCCC3)C2)c1. The lowest BCUT2D eigenvalue weighted by Crippen LogP contribution is -2.35. The van der Waals surface area contributed by atoms with Gasteiger partial charge in [0.25, 0.3) is 0 Å². The van der Waals surface area contributed by atoms with Gasteiger partial charge < -0.3 is 5.11 Å². The first-order chi connectivity index (χ1) is 9.20. The van der Waals surface area contributed by atoms with Gasteiger partial charge in [0, 0.05) is 31.7 Å². The largest absolute Gasteiger partial charge is 0.508 e. The molecule has 1 aromatic carbocycles. The van der Waals surface area contributed by atoms with E-state index in [1.165, 1.54) is 38.4 Å². The highest BCUT2D eigenvalue weighted by Gasteiger charge is 2.29. The minimum Gasteiger partial charge on any atom is -0.508 e. The molecule has 104 valence electrons. The topological polar surface area (TPSA) is 26.7 Å². The van der Waals surface area contributed by atoms with E-state index in [-0.39, 0.29) is 11.6 Å². The van der Waals surface area contributed by atoms with Crippen molar-refractivity contribution >= 4 is 0 Å². The van der Waals surface area contributed by atoms with E-state index in [0.717, 1.165) is 31.3 Å². The van der Waals surface area contributed by atoms with Crippen LogP contribution in [0.25, 0.3) is 0 Å². The Bertz CT molecular complexity index is 426. The highest BCUT2D eigenvalue weighted by atomic mass is 19.1. The molecular formula is C15H21FN2O. The molecule has 19 heavy (non-hydrogen) atoms. The molecule has 1 N–H and O–H groups in total. The summed E-state index contributed by atoms with van der Waals surface area (Å²) in [5.74, 6) is -0.337. The molecule has 2 heterocycles. The molecule has 2 aliphatic rings. The van der Waals surface area contributed by atoms with Crippen LogP contribution in [0.5, 0.6) is 5.75 Å². The van der Waals surface area contributed by atoms with Crippen LogP contribution in [-0.2, 0) is 6.54 Å². The summed E-state index contributed by atoms with van der Waals surface area (Å²) in [6, 6.07) is 5.00. The molecule has 3 nitrogen and oxygen atoms in total. The van der Waals surface area contributed by atoms with E-state index in [0.29, 0.717) is 6.04 Å². The standard InChI is InChI=1S/C15H21FN2O/c16-13-7-12(8-15(19)9-13)10-17-6-3-14(11-17)18-4-1-2-5-18/h7-9,14,19H,1-6,10-11H2. The fraction of sp³-hybridized carbons (Fsp3) is 0.600. The van der Waals surface area contributed by atoms with Crippen molar-refractivity contribution in [2.75, 3.05) is 26.2 Å². The van der Waals surface area contributed by atoms with Crippen LogP contribution in [0.4, 0.5) is 4.39 Å². The van der Waals surface area contributed by atoms with Gasteiger partial charge in [0.1, 0.15) is 11.6 Å². The first-order valence-electron chi connectivity index (χ1n) is 7.15. The predicted molar refractivity (Wildman–Crippen MR) is 72.6 cm³/mol. The molecule has 0 radical (unpaired) electrons. The lowest BCUT2D eigenvalue weighted by molar-refractivity contribution is 0.229. The smallest absolute Gasteiger partial charge is 0.127 e. The van der Waals surface area contributed by atoms with Crippen LogP contribution in [0.15, 0.2) is 18.2 Å². The molecule has 0 spiro atoms. The van der Waals surface area contributed by atoms with Gasteiger partial charge >= 0.3 is 0 Å². The molecule has 0 bridgehead atoms. The highest BCUT2D eigenvalue weighted by Crippen LogP contribution is 2.23. The molecule has 0 saturated carbocycles. The lowest BCUT2D eigenvalue weighted by Gasteiger charge is -2.23. The molecule has 1 aromatic rings. The lowest BCUT2D eigenvalue weighted by atomic mass is 10.2. The average molecular weight is 264 g/mol. The third-order valence-corrected chi connectivity index (χ3v) is 4.25. The van der Waals surface area contributed by atoms with Gasteiger partial charge in [-0.15, -0.1) is 0 Å². The fourth-order valence-electron chi connectivity index (χ4n) is 3.34. The number of halogens is 1. The number of aromatic hydroxyl groups is 1. The quantitative estimate of drug-likeness (QED) is 0.906. The minimum absolute atomic E-state index is 0.0188. The predicted octanol–water partition coefficient (Wildman–Crippen LogP) is 2.20. The molecule has 0 aliphatic carbocycles. The third-order valence-electron chi connectivity index (χ3n) is 4.25. The molecule has 3 rings (SSSR count). The van der Waals surface area contributed by atoms with E-state index in [4.69, 9.17) is 0 Å². The molecule has 2 aliphatic heterocycles. The molecule has 2 saturated heterocycles. The molecule has 1 unspecified atom stereocenters. The number of hydrogen-bond acceptors (Lipinski definition) is 3. The van der Waals surface area contributed by atoms with Crippen molar-refractivity contribution in [3.8, 4) is 5.75 Å². The Hall–Kier alpha value is -1.13. The number of hydrogen-bond donors (Lipinski definition) is 1. The molecule has 0 amide bonds. The van der Waals surface area contributed by atoms with Crippen molar-refractivity contribution in [1.82, 2.24) is 9.80 Å². The monoisotopic (exact) mass is 264 g/mol. The van der Waals surface area contributed by atoms with Crippen molar-refractivity contribution in [3.63, 3.8) is 0 Å². The Balaban J connectivity index is 1.59. The average Bonchev–Trinajstić information content (AvgIpc) is 2.96. The zero-order valence-electron chi connectivity index (χ0n) is 11.2. The zero-order chi connectivity index (χ0) is 13.2.